The van der Waals surface area contributed by atoms with Gasteiger partial charge in [0.2, 0.25) is 5.88 Å². The van der Waals surface area contributed by atoms with E-state index < -0.39 is 12.8 Å². The van der Waals surface area contributed by atoms with Crippen molar-refractivity contribution in [2.75, 3.05) is 27.8 Å². The highest BCUT2D eigenvalue weighted by molar-refractivity contribution is 14.0. The topological polar surface area (TPSA) is 71.9 Å². The number of methoxy groups -OCH3 is 1. The molecule has 0 amide bonds. The molecule has 7 nitrogen and oxygen atoms in total. The summed E-state index contributed by atoms with van der Waals surface area (Å²) in [5.41, 5.74) is 1.61. The Hall–Kier alpha value is -1.67. The van der Waals surface area contributed by atoms with Gasteiger partial charge in [0.15, 0.2) is 12.6 Å². The Morgan fingerprint density at radius 3 is 2.77 bits per heavy atom. The zero-order valence-electron chi connectivity index (χ0n) is 17.1. The van der Waals surface area contributed by atoms with Crippen LogP contribution in [0, 0.1) is 0 Å². The third kappa shape index (κ3) is 8.60. The summed E-state index contributed by atoms with van der Waals surface area (Å²) in [7, 11) is 5.17. The normalized spacial score (nSPS) is 12.8. The fourth-order valence-corrected chi connectivity index (χ4v) is 3.20. The van der Waals surface area contributed by atoms with Crippen LogP contribution < -0.4 is 10.1 Å². The van der Waals surface area contributed by atoms with Crippen molar-refractivity contribution in [3.05, 3.63) is 40.0 Å². The Balaban J connectivity index is 0.00000450. The van der Waals surface area contributed by atoms with Crippen LogP contribution in [0.5, 0.6) is 5.88 Å². The Kier molecular flexibility index (Phi) is 10.8. The molecule has 0 spiro atoms. The van der Waals surface area contributed by atoms with Crippen LogP contribution in [0.3, 0.4) is 0 Å². The van der Waals surface area contributed by atoms with E-state index in [1.165, 1.54) is 23.6 Å². The molecule has 2 heterocycles. The van der Waals surface area contributed by atoms with Crippen molar-refractivity contribution in [1.29, 1.82) is 0 Å². The van der Waals surface area contributed by atoms with E-state index in [-0.39, 0.29) is 36.0 Å². The minimum Gasteiger partial charge on any atom is -0.468 e. The summed E-state index contributed by atoms with van der Waals surface area (Å²) in [5.74, 6) is 0.543. The van der Waals surface area contributed by atoms with E-state index >= 15 is 0 Å². The van der Waals surface area contributed by atoms with E-state index in [4.69, 9.17) is 4.74 Å². The van der Waals surface area contributed by atoms with Crippen LogP contribution in [0.25, 0.3) is 0 Å². The highest BCUT2D eigenvalue weighted by Crippen LogP contribution is 2.21. The second-order valence-corrected chi connectivity index (χ2v) is 7.11. The van der Waals surface area contributed by atoms with Gasteiger partial charge in [-0.25, -0.2) is 9.97 Å². The maximum atomic E-state index is 12.3. The third-order valence-corrected chi connectivity index (χ3v) is 4.93. The van der Waals surface area contributed by atoms with Gasteiger partial charge in [-0.2, -0.15) is 13.2 Å². The van der Waals surface area contributed by atoms with E-state index in [9.17, 15) is 13.2 Å². The number of aromatic nitrogens is 2. The Bertz CT molecular complexity index is 819. The first-order chi connectivity index (χ1) is 13.7. The lowest BCUT2D eigenvalue weighted by Crippen LogP contribution is -2.38. The first-order valence-electron chi connectivity index (χ1n) is 8.75. The van der Waals surface area contributed by atoms with Crippen molar-refractivity contribution in [2.45, 2.75) is 32.3 Å². The maximum absolute atomic E-state index is 12.3. The number of thiazole rings is 1. The Morgan fingerprint density at radius 1 is 1.40 bits per heavy atom. The van der Waals surface area contributed by atoms with E-state index in [1.54, 1.807) is 20.2 Å². The molecule has 0 radical (unpaired) electrons. The first-order valence-corrected chi connectivity index (χ1v) is 9.63. The molecule has 30 heavy (non-hydrogen) atoms. The van der Waals surface area contributed by atoms with E-state index in [0.29, 0.717) is 19.0 Å². The standard InChI is InChI=1S/C18H24F3N5O2S.HI/c1-12(27-4)16-25-14(10-29-16)9-26(3)17(22-2)24-8-13-5-6-23-15(7-13)28-11-18(19,20)21;/h5-7,10,12H,8-9,11H2,1-4H3,(H,22,24);1H. The molecule has 0 aliphatic rings. The fourth-order valence-electron chi connectivity index (χ4n) is 2.36. The van der Waals surface area contributed by atoms with Crippen molar-refractivity contribution in [3.63, 3.8) is 0 Å². The number of guanidine groups is 1. The summed E-state index contributed by atoms with van der Waals surface area (Å²) < 4.78 is 46.8. The Morgan fingerprint density at radius 2 is 2.13 bits per heavy atom. The van der Waals surface area contributed by atoms with Crippen molar-refractivity contribution in [2.24, 2.45) is 4.99 Å². The Labute approximate surface area is 194 Å². The maximum Gasteiger partial charge on any atom is 0.422 e. The van der Waals surface area contributed by atoms with Gasteiger partial charge >= 0.3 is 6.18 Å². The average Bonchev–Trinajstić information content (AvgIpc) is 3.14. The monoisotopic (exact) mass is 559 g/mol. The van der Waals surface area contributed by atoms with Crippen LogP contribution in [0.15, 0.2) is 28.7 Å². The smallest absolute Gasteiger partial charge is 0.422 e. The molecule has 0 aliphatic heterocycles. The van der Waals surface area contributed by atoms with Crippen molar-refractivity contribution in [3.8, 4) is 5.88 Å². The number of aliphatic imine (C=N–C) groups is 1. The number of rotatable bonds is 8. The van der Waals surface area contributed by atoms with Crippen molar-refractivity contribution >= 4 is 41.3 Å². The van der Waals surface area contributed by atoms with Crippen LogP contribution in [-0.2, 0) is 17.8 Å². The van der Waals surface area contributed by atoms with E-state index in [1.807, 2.05) is 24.3 Å². The number of hydrogen-bond donors (Lipinski definition) is 1. The summed E-state index contributed by atoms with van der Waals surface area (Å²) in [6.45, 7) is 1.46. The number of nitrogens with zero attached hydrogens (tertiary/aromatic N) is 4. The minimum absolute atomic E-state index is 0. The van der Waals surface area contributed by atoms with Gasteiger partial charge in [0.05, 0.1) is 12.2 Å². The molecular formula is C18H25F3IN5O2S. The zero-order chi connectivity index (χ0) is 21.4. The van der Waals surface area contributed by atoms with Crippen molar-refractivity contribution in [1.82, 2.24) is 20.2 Å². The fraction of sp³-hybridized carbons (Fsp3) is 0.500. The number of pyridine rings is 1. The first kappa shape index (κ1) is 26.4. The highest BCUT2D eigenvalue weighted by atomic mass is 127. The molecular weight excluding hydrogens is 534 g/mol. The quantitative estimate of drug-likeness (QED) is 0.300. The highest BCUT2D eigenvalue weighted by Gasteiger charge is 2.28. The van der Waals surface area contributed by atoms with Gasteiger partial charge in [0.25, 0.3) is 0 Å². The van der Waals surface area contributed by atoms with Gasteiger partial charge in [-0.3, -0.25) is 4.99 Å². The molecule has 0 saturated heterocycles. The molecule has 2 aromatic heterocycles. The van der Waals surface area contributed by atoms with Gasteiger partial charge in [-0.15, -0.1) is 35.3 Å². The lowest BCUT2D eigenvalue weighted by molar-refractivity contribution is -0.154. The number of halogens is 4. The van der Waals surface area contributed by atoms with Crippen LogP contribution in [0.1, 0.15) is 29.3 Å². The van der Waals surface area contributed by atoms with E-state index in [2.05, 4.69) is 25.0 Å². The molecule has 2 aromatic rings. The molecule has 1 N–H and O–H groups in total. The number of nitrogens with one attached hydrogen (secondary N) is 1. The number of hydrogen-bond acceptors (Lipinski definition) is 6. The molecule has 0 aromatic carbocycles. The lowest BCUT2D eigenvalue weighted by Gasteiger charge is -2.21. The van der Waals surface area contributed by atoms with Gasteiger partial charge in [0, 0.05) is 45.4 Å². The summed E-state index contributed by atoms with van der Waals surface area (Å²) >= 11 is 1.54. The molecule has 0 saturated carbocycles. The lowest BCUT2D eigenvalue weighted by atomic mass is 10.2. The predicted octanol–water partition coefficient (Wildman–Crippen LogP) is 4.01. The second-order valence-electron chi connectivity index (χ2n) is 6.22. The van der Waals surface area contributed by atoms with E-state index in [0.717, 1.165) is 16.3 Å². The van der Waals surface area contributed by atoms with Crippen LogP contribution in [0.4, 0.5) is 13.2 Å². The third-order valence-electron chi connectivity index (χ3n) is 3.88. The van der Waals surface area contributed by atoms with Crippen LogP contribution in [0.2, 0.25) is 0 Å². The minimum atomic E-state index is -4.41. The summed E-state index contributed by atoms with van der Waals surface area (Å²) in [4.78, 5) is 14.5. The molecule has 0 aliphatic carbocycles. The predicted molar refractivity (Wildman–Crippen MR) is 120 cm³/mol. The molecule has 0 bridgehead atoms. The van der Waals surface area contributed by atoms with Gasteiger partial charge in [-0.05, 0) is 18.6 Å². The van der Waals surface area contributed by atoms with Crippen LogP contribution >= 0.6 is 35.3 Å². The van der Waals surface area contributed by atoms with Gasteiger partial charge in [-0.1, -0.05) is 0 Å². The molecule has 1 unspecified atom stereocenters. The second kappa shape index (κ2) is 12.2. The largest absolute Gasteiger partial charge is 0.468 e. The summed E-state index contributed by atoms with van der Waals surface area (Å²) in [5, 5.41) is 6.05. The number of alkyl halides is 3. The SMILES string of the molecule is CN=C(NCc1ccnc(OCC(F)(F)F)c1)N(C)Cc1csc(C(C)OC)n1.I. The van der Waals surface area contributed by atoms with Crippen LogP contribution in [-0.4, -0.2) is 54.8 Å². The van der Waals surface area contributed by atoms with Gasteiger partial charge in [0.1, 0.15) is 11.1 Å². The summed E-state index contributed by atoms with van der Waals surface area (Å²) in [6.07, 6.45) is -3.06. The molecule has 0 fully saturated rings. The molecule has 1 atom stereocenters. The molecule has 2 rings (SSSR count). The zero-order valence-corrected chi connectivity index (χ0v) is 20.2. The average molecular weight is 559 g/mol. The van der Waals surface area contributed by atoms with Gasteiger partial charge < -0.3 is 19.7 Å². The molecule has 168 valence electrons. The van der Waals surface area contributed by atoms with Crippen molar-refractivity contribution < 1.29 is 22.6 Å². The molecule has 12 heteroatoms. The summed E-state index contributed by atoms with van der Waals surface area (Å²) in [6, 6.07) is 3.16. The number of ether oxygens (including phenoxy) is 2.